The Kier molecular flexibility index (Phi) is 3.93. The van der Waals surface area contributed by atoms with Gasteiger partial charge in [-0.3, -0.25) is 14.3 Å². The molecule has 8 heteroatoms. The Morgan fingerprint density at radius 3 is 2.95 bits per heavy atom. The summed E-state index contributed by atoms with van der Waals surface area (Å²) in [6.07, 6.45) is 5.65. The minimum Gasteiger partial charge on any atom is -0.330 e. The summed E-state index contributed by atoms with van der Waals surface area (Å²) in [7, 11) is 1.87. The van der Waals surface area contributed by atoms with Crippen LogP contribution in [0.15, 0.2) is 17.8 Å². The van der Waals surface area contributed by atoms with Crippen molar-refractivity contribution in [3.63, 3.8) is 0 Å². The van der Waals surface area contributed by atoms with Crippen molar-refractivity contribution in [2.45, 2.75) is 25.8 Å². The van der Waals surface area contributed by atoms with Crippen molar-refractivity contribution in [1.29, 1.82) is 0 Å². The molecule has 0 saturated carbocycles. The van der Waals surface area contributed by atoms with Crippen LogP contribution in [0.4, 0.5) is 5.13 Å². The zero-order valence-corrected chi connectivity index (χ0v) is 13.3. The molecule has 2 aromatic heterocycles. The van der Waals surface area contributed by atoms with Gasteiger partial charge < -0.3 is 10.2 Å². The van der Waals surface area contributed by atoms with Crippen LogP contribution in [-0.4, -0.2) is 38.0 Å². The van der Waals surface area contributed by atoms with Crippen molar-refractivity contribution in [3.05, 3.63) is 29.0 Å². The van der Waals surface area contributed by atoms with Crippen molar-refractivity contribution in [2.24, 2.45) is 7.05 Å². The van der Waals surface area contributed by atoms with E-state index in [1.54, 1.807) is 16.3 Å². The first-order valence-corrected chi connectivity index (χ1v) is 7.95. The van der Waals surface area contributed by atoms with E-state index in [1.165, 1.54) is 18.3 Å². The highest BCUT2D eigenvalue weighted by Crippen LogP contribution is 2.33. The maximum Gasteiger partial charge on any atom is 0.273 e. The molecule has 0 bridgehead atoms. The highest BCUT2D eigenvalue weighted by Gasteiger charge is 2.32. The molecule has 22 heavy (non-hydrogen) atoms. The summed E-state index contributed by atoms with van der Waals surface area (Å²) in [5, 5.41) is 8.92. The lowest BCUT2D eigenvalue weighted by atomic mass is 10.1. The molecule has 1 saturated heterocycles. The van der Waals surface area contributed by atoms with Gasteiger partial charge in [0.05, 0.1) is 12.2 Å². The molecule has 1 N–H and O–H groups in total. The molecule has 0 aromatic carbocycles. The molecule has 116 valence electrons. The molecule has 2 amide bonds. The van der Waals surface area contributed by atoms with Gasteiger partial charge >= 0.3 is 0 Å². The fraction of sp³-hybridized carbons (Fsp3) is 0.429. The van der Waals surface area contributed by atoms with Crippen LogP contribution in [-0.2, 0) is 11.8 Å². The minimum atomic E-state index is -0.192. The summed E-state index contributed by atoms with van der Waals surface area (Å²) >= 11 is 1.26. The summed E-state index contributed by atoms with van der Waals surface area (Å²) in [6.45, 7) is 2.13. The van der Waals surface area contributed by atoms with Gasteiger partial charge in [-0.2, -0.15) is 5.10 Å². The summed E-state index contributed by atoms with van der Waals surface area (Å²) in [6, 6.07) is 0.0483. The monoisotopic (exact) mass is 319 g/mol. The Hall–Kier alpha value is -2.22. The average Bonchev–Trinajstić information content (AvgIpc) is 3.16. The second-order valence-corrected chi connectivity index (χ2v) is 6.18. The van der Waals surface area contributed by atoms with E-state index < -0.39 is 0 Å². The largest absolute Gasteiger partial charge is 0.330 e. The molecule has 0 radical (unpaired) electrons. The van der Waals surface area contributed by atoms with E-state index in [-0.39, 0.29) is 17.9 Å². The Balaban J connectivity index is 1.78. The van der Waals surface area contributed by atoms with Gasteiger partial charge in [0.1, 0.15) is 5.69 Å². The molecular weight excluding hydrogens is 302 g/mol. The SMILES string of the molecule is CC(=O)Nc1nc(C(=O)N2CCC[C@H]2c2cnn(C)c2)cs1. The maximum atomic E-state index is 12.7. The van der Waals surface area contributed by atoms with Crippen molar-refractivity contribution in [2.75, 3.05) is 11.9 Å². The van der Waals surface area contributed by atoms with E-state index in [4.69, 9.17) is 0 Å². The number of anilines is 1. The number of thiazole rings is 1. The predicted molar refractivity (Wildman–Crippen MR) is 82.6 cm³/mol. The number of aryl methyl sites for hydroxylation is 1. The van der Waals surface area contributed by atoms with E-state index in [2.05, 4.69) is 15.4 Å². The quantitative estimate of drug-likeness (QED) is 0.935. The van der Waals surface area contributed by atoms with E-state index in [0.29, 0.717) is 17.4 Å². The highest BCUT2D eigenvalue weighted by atomic mass is 32.1. The molecule has 1 aliphatic heterocycles. The van der Waals surface area contributed by atoms with Crippen molar-refractivity contribution in [3.8, 4) is 0 Å². The first-order chi connectivity index (χ1) is 10.5. The van der Waals surface area contributed by atoms with E-state index >= 15 is 0 Å². The summed E-state index contributed by atoms with van der Waals surface area (Å²) in [4.78, 5) is 29.7. The van der Waals surface area contributed by atoms with Crippen molar-refractivity contribution < 1.29 is 9.59 Å². The van der Waals surface area contributed by atoms with Gasteiger partial charge in [-0.25, -0.2) is 4.98 Å². The number of nitrogens with one attached hydrogen (secondary N) is 1. The summed E-state index contributed by atoms with van der Waals surface area (Å²) in [5.74, 6) is -0.290. The number of amides is 2. The number of hydrogen-bond donors (Lipinski definition) is 1. The van der Waals surface area contributed by atoms with Crippen LogP contribution in [0.3, 0.4) is 0 Å². The first kappa shape index (κ1) is 14.7. The zero-order chi connectivity index (χ0) is 15.7. The molecule has 1 atom stereocenters. The molecule has 0 unspecified atom stereocenters. The van der Waals surface area contributed by atoms with E-state index in [0.717, 1.165) is 18.4 Å². The molecular formula is C14H17N5O2S. The normalized spacial score (nSPS) is 17.7. The lowest BCUT2D eigenvalue weighted by molar-refractivity contribution is -0.114. The van der Waals surface area contributed by atoms with Crippen LogP contribution in [0.5, 0.6) is 0 Å². The van der Waals surface area contributed by atoms with E-state index in [1.807, 2.05) is 18.1 Å². The maximum absolute atomic E-state index is 12.7. The fourth-order valence-electron chi connectivity index (χ4n) is 2.70. The van der Waals surface area contributed by atoms with Crippen LogP contribution in [0.2, 0.25) is 0 Å². The number of hydrogen-bond acceptors (Lipinski definition) is 5. The minimum absolute atomic E-state index is 0.0483. The zero-order valence-electron chi connectivity index (χ0n) is 12.4. The Bertz CT molecular complexity index is 708. The second-order valence-electron chi connectivity index (χ2n) is 5.32. The van der Waals surface area contributed by atoms with Crippen molar-refractivity contribution >= 4 is 28.3 Å². The number of aromatic nitrogens is 3. The van der Waals surface area contributed by atoms with Gasteiger partial charge in [0.25, 0.3) is 5.91 Å². The van der Waals surface area contributed by atoms with Gasteiger partial charge in [0.15, 0.2) is 5.13 Å². The van der Waals surface area contributed by atoms with E-state index in [9.17, 15) is 9.59 Å². The molecule has 3 rings (SSSR count). The number of likely N-dealkylation sites (tertiary alicyclic amines) is 1. The molecule has 2 aromatic rings. The molecule has 0 spiro atoms. The molecule has 1 aliphatic rings. The van der Waals surface area contributed by atoms with Gasteiger partial charge in [-0.15, -0.1) is 11.3 Å². The highest BCUT2D eigenvalue weighted by molar-refractivity contribution is 7.14. The molecule has 3 heterocycles. The van der Waals surface area contributed by atoms with Crippen LogP contribution in [0.25, 0.3) is 0 Å². The Labute approximate surface area is 132 Å². The van der Waals surface area contributed by atoms with Crippen molar-refractivity contribution in [1.82, 2.24) is 19.7 Å². The molecule has 1 fully saturated rings. The van der Waals surface area contributed by atoms with Gasteiger partial charge in [0.2, 0.25) is 5.91 Å². The standard InChI is InChI=1S/C14H17N5O2S/c1-9(20)16-14-17-11(8-22-14)13(21)19-5-3-4-12(19)10-6-15-18(2)7-10/h6-8,12H,3-5H2,1-2H3,(H,16,17,20)/t12-/m0/s1. The lowest BCUT2D eigenvalue weighted by Gasteiger charge is -2.22. The van der Waals surface area contributed by atoms with Crippen LogP contribution >= 0.6 is 11.3 Å². The average molecular weight is 319 g/mol. The lowest BCUT2D eigenvalue weighted by Crippen LogP contribution is -2.30. The first-order valence-electron chi connectivity index (χ1n) is 7.07. The predicted octanol–water partition coefficient (Wildman–Crippen LogP) is 1.81. The van der Waals surface area contributed by atoms with Crippen LogP contribution in [0, 0.1) is 0 Å². The molecule has 0 aliphatic carbocycles. The smallest absolute Gasteiger partial charge is 0.273 e. The third kappa shape index (κ3) is 2.87. The fourth-order valence-corrected chi connectivity index (χ4v) is 3.43. The van der Waals surface area contributed by atoms with Crippen LogP contribution in [0.1, 0.15) is 41.9 Å². The second kappa shape index (κ2) is 5.88. The molecule has 7 nitrogen and oxygen atoms in total. The summed E-state index contributed by atoms with van der Waals surface area (Å²) < 4.78 is 1.74. The summed E-state index contributed by atoms with van der Waals surface area (Å²) in [5.41, 5.74) is 1.43. The third-order valence-corrected chi connectivity index (χ3v) is 4.39. The topological polar surface area (TPSA) is 80.1 Å². The number of rotatable bonds is 3. The van der Waals surface area contributed by atoms with Crippen LogP contribution < -0.4 is 5.32 Å². The number of nitrogens with zero attached hydrogens (tertiary/aromatic N) is 4. The Morgan fingerprint density at radius 2 is 2.27 bits per heavy atom. The number of carbonyl (C=O) groups excluding carboxylic acids is 2. The number of carbonyl (C=O) groups is 2. The van der Waals surface area contributed by atoms with Gasteiger partial charge in [-0.05, 0) is 12.8 Å². The van der Waals surface area contributed by atoms with Gasteiger partial charge in [-0.1, -0.05) is 0 Å². The van der Waals surface area contributed by atoms with Gasteiger partial charge in [0, 0.05) is 37.7 Å². The third-order valence-electron chi connectivity index (χ3n) is 3.63. The Morgan fingerprint density at radius 1 is 1.45 bits per heavy atom.